The van der Waals surface area contributed by atoms with E-state index in [1.54, 1.807) is 35.6 Å². The van der Waals surface area contributed by atoms with Crippen LogP contribution in [0.15, 0.2) is 24.4 Å². The number of carbonyl (C=O) groups excluding carboxylic acids is 1. The summed E-state index contributed by atoms with van der Waals surface area (Å²) in [5, 5.41) is 9.57. The van der Waals surface area contributed by atoms with E-state index in [-0.39, 0.29) is 12.4 Å². The highest BCUT2D eigenvalue weighted by Crippen LogP contribution is 2.25. The Labute approximate surface area is 91.6 Å². The average Bonchev–Trinajstić information content (AvgIpc) is 2.58. The van der Waals surface area contributed by atoms with E-state index >= 15 is 0 Å². The highest BCUT2D eigenvalue weighted by Gasteiger charge is 2.11. The Kier molecular flexibility index (Phi) is 2.62. The molecule has 0 saturated carbocycles. The van der Waals surface area contributed by atoms with Crippen LogP contribution in [0.5, 0.6) is 11.6 Å². The van der Waals surface area contributed by atoms with Crippen molar-refractivity contribution < 1.29 is 14.6 Å². The molecule has 0 unspecified atom stereocenters. The summed E-state index contributed by atoms with van der Waals surface area (Å²) in [7, 11) is 0. The van der Waals surface area contributed by atoms with Gasteiger partial charge in [0.1, 0.15) is 18.2 Å². The second-order valence-electron chi connectivity index (χ2n) is 3.22. The molecule has 16 heavy (non-hydrogen) atoms. The molecule has 0 spiro atoms. The molecule has 0 aliphatic carbocycles. The molecule has 2 aromatic rings. The van der Waals surface area contributed by atoms with Crippen LogP contribution in [0.3, 0.4) is 0 Å². The van der Waals surface area contributed by atoms with Crippen LogP contribution in [-0.4, -0.2) is 27.0 Å². The Hall–Kier alpha value is -2.26. The molecule has 1 N–H and O–H groups in total. The molecule has 2 heterocycles. The van der Waals surface area contributed by atoms with Gasteiger partial charge in [-0.05, 0) is 19.1 Å². The average molecular weight is 218 g/mol. The van der Waals surface area contributed by atoms with Crippen molar-refractivity contribution in [1.82, 2.24) is 9.38 Å². The summed E-state index contributed by atoms with van der Waals surface area (Å²) in [6, 6.07) is 3.24. The Bertz CT molecular complexity index is 568. The standard InChI is InChI=1S/C11H10N2O3/c1-8-11(16-7-3-6-14)13-5-2-4-9(15)10(13)12-8/h2-5,15H,7H2,1H3. The molecule has 0 radical (unpaired) electrons. The van der Waals surface area contributed by atoms with Crippen molar-refractivity contribution in [2.75, 3.05) is 6.61 Å². The second kappa shape index (κ2) is 4.08. The number of fused-ring (bicyclic) bond motifs is 1. The number of rotatable bonds is 3. The molecule has 0 atom stereocenters. The first kappa shape index (κ1) is 10.3. The zero-order chi connectivity index (χ0) is 11.5. The van der Waals surface area contributed by atoms with Crippen LogP contribution in [0.2, 0.25) is 0 Å². The predicted molar refractivity (Wildman–Crippen MR) is 57.4 cm³/mol. The molecule has 0 bridgehead atoms. The molecule has 82 valence electrons. The molecule has 2 aromatic heterocycles. The number of nitrogens with zero attached hydrogens (tertiary/aromatic N) is 2. The van der Waals surface area contributed by atoms with Crippen LogP contribution < -0.4 is 4.74 Å². The van der Waals surface area contributed by atoms with E-state index in [1.807, 2.05) is 0 Å². The van der Waals surface area contributed by atoms with Crippen LogP contribution in [0.4, 0.5) is 0 Å². The van der Waals surface area contributed by atoms with Gasteiger partial charge in [-0.2, -0.15) is 0 Å². The first-order valence-electron chi connectivity index (χ1n) is 4.73. The van der Waals surface area contributed by atoms with E-state index < -0.39 is 0 Å². The molecule has 0 aliphatic heterocycles. The first-order chi connectivity index (χ1) is 7.74. The SMILES string of the molecule is Cc1nc2c(O)cccn2c1OCC=C=O. The van der Waals surface area contributed by atoms with Gasteiger partial charge in [-0.3, -0.25) is 4.40 Å². The molecule has 0 fully saturated rings. The van der Waals surface area contributed by atoms with Gasteiger partial charge in [0.05, 0.1) is 0 Å². The minimum atomic E-state index is 0.0892. The van der Waals surface area contributed by atoms with Crippen LogP contribution >= 0.6 is 0 Å². The lowest BCUT2D eigenvalue weighted by Crippen LogP contribution is -1.98. The van der Waals surface area contributed by atoms with E-state index in [2.05, 4.69) is 4.98 Å². The maximum absolute atomic E-state index is 10.0. The number of imidazole rings is 1. The molecule has 2 rings (SSSR count). The van der Waals surface area contributed by atoms with Gasteiger partial charge in [-0.15, -0.1) is 0 Å². The zero-order valence-corrected chi connectivity index (χ0v) is 8.67. The normalized spacial score (nSPS) is 10.1. The zero-order valence-electron chi connectivity index (χ0n) is 8.67. The summed E-state index contributed by atoms with van der Waals surface area (Å²) in [5.41, 5.74) is 1.09. The van der Waals surface area contributed by atoms with Gasteiger partial charge in [-0.25, -0.2) is 9.78 Å². The molecule has 5 nitrogen and oxygen atoms in total. The number of ether oxygens (including phenoxy) is 1. The second-order valence-corrected chi connectivity index (χ2v) is 3.22. The van der Waals surface area contributed by atoms with Gasteiger partial charge < -0.3 is 9.84 Å². The number of hydrogen-bond donors (Lipinski definition) is 1. The van der Waals surface area contributed by atoms with Gasteiger partial charge >= 0.3 is 0 Å². The summed E-state index contributed by atoms with van der Waals surface area (Å²) in [6.07, 6.45) is 2.97. The molecule has 0 saturated heterocycles. The Morgan fingerprint density at radius 1 is 1.69 bits per heavy atom. The summed E-state index contributed by atoms with van der Waals surface area (Å²) in [6.45, 7) is 1.90. The lowest BCUT2D eigenvalue weighted by atomic mass is 10.4. The summed E-state index contributed by atoms with van der Waals surface area (Å²) >= 11 is 0. The third kappa shape index (κ3) is 1.64. The summed E-state index contributed by atoms with van der Waals surface area (Å²) < 4.78 is 6.99. The van der Waals surface area contributed by atoms with Crippen molar-refractivity contribution in [2.24, 2.45) is 0 Å². The molecule has 5 heteroatoms. The van der Waals surface area contributed by atoms with Crippen LogP contribution in [0.25, 0.3) is 5.65 Å². The summed E-state index contributed by atoms with van der Waals surface area (Å²) in [4.78, 5) is 14.2. The largest absolute Gasteiger partial charge is 0.504 e. The van der Waals surface area contributed by atoms with Gasteiger partial charge in [-0.1, -0.05) is 0 Å². The fourth-order valence-electron chi connectivity index (χ4n) is 1.47. The first-order valence-corrected chi connectivity index (χ1v) is 4.73. The Morgan fingerprint density at radius 2 is 2.50 bits per heavy atom. The van der Waals surface area contributed by atoms with E-state index in [1.165, 1.54) is 6.08 Å². The maximum atomic E-state index is 10.0. The molecule has 0 aromatic carbocycles. The highest BCUT2D eigenvalue weighted by atomic mass is 16.5. The minimum Gasteiger partial charge on any atom is -0.504 e. The van der Waals surface area contributed by atoms with Gasteiger partial charge in [0.15, 0.2) is 11.4 Å². The topological polar surface area (TPSA) is 63.8 Å². The number of hydrogen-bond acceptors (Lipinski definition) is 4. The Balaban J connectivity index is 2.47. The molecular weight excluding hydrogens is 208 g/mol. The van der Waals surface area contributed by atoms with E-state index in [4.69, 9.17) is 4.74 Å². The van der Waals surface area contributed by atoms with Gasteiger partial charge in [0, 0.05) is 12.3 Å². The monoisotopic (exact) mass is 218 g/mol. The van der Waals surface area contributed by atoms with Crippen molar-refractivity contribution in [2.45, 2.75) is 6.92 Å². The quantitative estimate of drug-likeness (QED) is 0.784. The van der Waals surface area contributed by atoms with Crippen molar-refractivity contribution >= 4 is 11.6 Å². The predicted octanol–water partition coefficient (Wildman–Crippen LogP) is 1.11. The number of aromatic nitrogens is 2. The van der Waals surface area contributed by atoms with Crippen LogP contribution in [-0.2, 0) is 4.79 Å². The fourth-order valence-corrected chi connectivity index (χ4v) is 1.47. The minimum absolute atomic E-state index is 0.0892. The number of pyridine rings is 1. The lowest BCUT2D eigenvalue weighted by molar-refractivity contribution is 0.342. The highest BCUT2D eigenvalue weighted by molar-refractivity contribution is 5.56. The smallest absolute Gasteiger partial charge is 0.221 e. The van der Waals surface area contributed by atoms with Crippen molar-refractivity contribution in [3.63, 3.8) is 0 Å². The molecule has 0 amide bonds. The van der Waals surface area contributed by atoms with Crippen molar-refractivity contribution in [1.29, 1.82) is 0 Å². The van der Waals surface area contributed by atoms with E-state index in [0.717, 1.165) is 0 Å². The van der Waals surface area contributed by atoms with E-state index in [0.29, 0.717) is 17.2 Å². The Morgan fingerprint density at radius 3 is 3.25 bits per heavy atom. The third-order valence-electron chi connectivity index (χ3n) is 2.14. The summed E-state index contributed by atoms with van der Waals surface area (Å²) in [5.74, 6) is 2.23. The van der Waals surface area contributed by atoms with Crippen molar-refractivity contribution in [3.05, 3.63) is 30.1 Å². The van der Waals surface area contributed by atoms with Gasteiger partial charge in [0.25, 0.3) is 0 Å². The number of aryl methyl sites for hydroxylation is 1. The van der Waals surface area contributed by atoms with Crippen molar-refractivity contribution in [3.8, 4) is 11.6 Å². The van der Waals surface area contributed by atoms with Crippen LogP contribution in [0.1, 0.15) is 5.69 Å². The van der Waals surface area contributed by atoms with E-state index in [9.17, 15) is 9.90 Å². The van der Waals surface area contributed by atoms with Gasteiger partial charge in [0.2, 0.25) is 5.88 Å². The third-order valence-corrected chi connectivity index (χ3v) is 2.14. The lowest BCUT2D eigenvalue weighted by Gasteiger charge is -2.03. The molecule has 0 aliphatic rings. The molecular formula is C11H10N2O3. The number of aromatic hydroxyl groups is 1. The van der Waals surface area contributed by atoms with Crippen LogP contribution in [0, 0.1) is 6.92 Å². The fraction of sp³-hybridized carbons (Fsp3) is 0.182. The maximum Gasteiger partial charge on any atom is 0.221 e.